The lowest BCUT2D eigenvalue weighted by Crippen LogP contribution is -2.58. The Balaban J connectivity index is 1.61. The molecule has 2 aromatic heterocycles. The molecule has 2 aliphatic rings. The first kappa shape index (κ1) is 19.3. The van der Waals surface area contributed by atoms with E-state index in [0.717, 1.165) is 51.5 Å². The van der Waals surface area contributed by atoms with Crippen LogP contribution in [0.3, 0.4) is 0 Å². The highest BCUT2D eigenvalue weighted by atomic mass is 32.2. The fourth-order valence-electron chi connectivity index (χ4n) is 4.36. The Labute approximate surface area is 183 Å². The summed E-state index contributed by atoms with van der Waals surface area (Å²) in [6, 6.07) is 8.24. The van der Waals surface area contributed by atoms with E-state index in [1.165, 1.54) is 12.0 Å². The average Bonchev–Trinajstić information content (AvgIpc) is 3.11. The third-order valence-corrected chi connectivity index (χ3v) is 7.76. The number of nitrogens with two attached hydrogens (primary N) is 2. The van der Waals surface area contributed by atoms with E-state index in [1.807, 2.05) is 12.1 Å². The second-order valence-electron chi connectivity index (χ2n) is 7.67. The van der Waals surface area contributed by atoms with Crippen LogP contribution in [0.15, 0.2) is 55.9 Å². The van der Waals surface area contributed by atoms with Crippen LogP contribution in [0, 0.1) is 6.92 Å². The molecule has 1 saturated carbocycles. The second-order valence-corrected chi connectivity index (χ2v) is 9.55. The highest BCUT2D eigenvalue weighted by molar-refractivity contribution is 7.99. The summed E-state index contributed by atoms with van der Waals surface area (Å²) in [6.07, 6.45) is 6.84. The number of aryl methyl sites for hydroxylation is 1. The zero-order valence-corrected chi connectivity index (χ0v) is 18.3. The van der Waals surface area contributed by atoms with Gasteiger partial charge < -0.3 is 11.5 Å². The zero-order chi connectivity index (χ0) is 20.7. The van der Waals surface area contributed by atoms with Gasteiger partial charge in [0, 0.05) is 10.3 Å². The number of aliphatic imine (C=N–C) groups is 2. The summed E-state index contributed by atoms with van der Waals surface area (Å²) < 4.78 is 0. The molecule has 1 aromatic carbocycles. The van der Waals surface area contributed by atoms with Crippen LogP contribution in [0.2, 0.25) is 0 Å². The third kappa shape index (κ3) is 3.22. The van der Waals surface area contributed by atoms with Crippen molar-refractivity contribution in [1.82, 2.24) is 9.97 Å². The van der Waals surface area contributed by atoms with Gasteiger partial charge in [-0.1, -0.05) is 30.3 Å². The van der Waals surface area contributed by atoms with Crippen molar-refractivity contribution < 1.29 is 0 Å². The van der Waals surface area contributed by atoms with Crippen LogP contribution in [0.5, 0.6) is 0 Å². The molecule has 1 aliphatic carbocycles. The number of rotatable bonds is 3. The van der Waals surface area contributed by atoms with Gasteiger partial charge in [-0.15, -0.1) is 11.3 Å². The number of aromatic nitrogens is 2. The van der Waals surface area contributed by atoms with E-state index in [9.17, 15) is 0 Å². The highest BCUT2D eigenvalue weighted by Crippen LogP contribution is 2.45. The van der Waals surface area contributed by atoms with Gasteiger partial charge in [-0.2, -0.15) is 4.99 Å². The van der Waals surface area contributed by atoms with Crippen LogP contribution in [0.1, 0.15) is 37.7 Å². The van der Waals surface area contributed by atoms with Crippen LogP contribution in [-0.4, -0.2) is 27.5 Å². The predicted octanol–water partition coefficient (Wildman–Crippen LogP) is 4.26. The fraction of sp³-hybridized carbons (Fsp3) is 0.333. The molecule has 30 heavy (non-hydrogen) atoms. The number of benzene rings is 1. The summed E-state index contributed by atoms with van der Waals surface area (Å²) in [5.74, 6) is 0.666. The van der Waals surface area contributed by atoms with E-state index in [1.54, 1.807) is 29.4 Å². The number of para-hydroxylation sites is 1. The first-order valence-corrected chi connectivity index (χ1v) is 11.7. The maximum absolute atomic E-state index is 6.45. The summed E-state index contributed by atoms with van der Waals surface area (Å²) in [7, 11) is 0. The highest BCUT2D eigenvalue weighted by Gasteiger charge is 2.43. The Hall–Kier alpha value is -2.65. The van der Waals surface area contributed by atoms with Crippen molar-refractivity contribution in [2.75, 3.05) is 4.90 Å². The monoisotopic (exact) mass is 437 g/mol. The van der Waals surface area contributed by atoms with Crippen LogP contribution >= 0.6 is 23.1 Å². The predicted molar refractivity (Wildman–Crippen MR) is 124 cm³/mol. The molecule has 7 nitrogen and oxygen atoms in total. The molecule has 154 valence electrons. The van der Waals surface area contributed by atoms with Crippen LogP contribution in [0.25, 0.3) is 10.2 Å². The minimum Gasteiger partial charge on any atom is -0.369 e. The Bertz CT molecular complexity index is 1160. The fourth-order valence-corrected chi connectivity index (χ4v) is 6.40. The smallest absolute Gasteiger partial charge is 0.220 e. The third-order valence-electron chi connectivity index (χ3n) is 5.68. The molecule has 0 saturated heterocycles. The normalized spacial score (nSPS) is 18.5. The minimum atomic E-state index is -0.468. The molecule has 1 fully saturated rings. The Morgan fingerprint density at radius 1 is 1.10 bits per heavy atom. The first-order chi connectivity index (χ1) is 14.6. The van der Waals surface area contributed by atoms with Crippen molar-refractivity contribution in [2.45, 2.75) is 54.6 Å². The van der Waals surface area contributed by atoms with Gasteiger partial charge in [0.2, 0.25) is 11.9 Å². The molecular weight excluding hydrogens is 414 g/mol. The van der Waals surface area contributed by atoms with Crippen molar-refractivity contribution in [3.05, 3.63) is 41.5 Å². The molecule has 9 heteroatoms. The Kier molecular flexibility index (Phi) is 4.86. The largest absolute Gasteiger partial charge is 0.369 e. The van der Waals surface area contributed by atoms with Gasteiger partial charge in [0.15, 0.2) is 0 Å². The Morgan fingerprint density at radius 2 is 1.90 bits per heavy atom. The standard InChI is InChI=1S/C21H23N7S2/c1-13-11-29-17-16(13)18(25-12-24-17)30-15-8-4-3-7-14(15)28-20(23)26-19(22)27-21(28)9-5-2-6-10-21/h3-4,7-8,11-12H,2,5-6,9-10H2,1H3,(H4,22,23,26,27). The lowest BCUT2D eigenvalue weighted by atomic mass is 9.87. The second kappa shape index (κ2) is 7.55. The number of anilines is 1. The molecule has 5 rings (SSSR count). The van der Waals surface area contributed by atoms with E-state index in [2.05, 4.69) is 44.3 Å². The molecule has 0 amide bonds. The summed E-state index contributed by atoms with van der Waals surface area (Å²) in [5.41, 5.74) is 14.2. The molecule has 4 N–H and O–H groups in total. The van der Waals surface area contributed by atoms with Crippen LogP contribution in [0.4, 0.5) is 5.69 Å². The number of hydrogen-bond acceptors (Lipinski definition) is 9. The molecular formula is C21H23N7S2. The van der Waals surface area contributed by atoms with Crippen molar-refractivity contribution >= 4 is 50.9 Å². The van der Waals surface area contributed by atoms with Crippen LogP contribution < -0.4 is 16.4 Å². The summed E-state index contributed by atoms with van der Waals surface area (Å²) in [4.78, 5) is 22.3. The van der Waals surface area contributed by atoms with E-state index >= 15 is 0 Å². The Morgan fingerprint density at radius 3 is 2.73 bits per heavy atom. The van der Waals surface area contributed by atoms with Gasteiger partial charge in [0.1, 0.15) is 21.8 Å². The average molecular weight is 438 g/mol. The molecule has 0 unspecified atom stereocenters. The van der Waals surface area contributed by atoms with E-state index in [4.69, 9.17) is 16.5 Å². The van der Waals surface area contributed by atoms with E-state index in [0.29, 0.717) is 5.96 Å². The van der Waals surface area contributed by atoms with Gasteiger partial charge in [0.25, 0.3) is 0 Å². The lowest BCUT2D eigenvalue weighted by Gasteiger charge is -2.46. The topological polar surface area (TPSA) is 106 Å². The molecule has 1 aliphatic heterocycles. The van der Waals surface area contributed by atoms with Crippen molar-refractivity contribution in [1.29, 1.82) is 0 Å². The van der Waals surface area contributed by atoms with Crippen molar-refractivity contribution in [3.8, 4) is 0 Å². The molecule has 0 radical (unpaired) electrons. The molecule has 1 spiro atoms. The SMILES string of the molecule is Cc1csc2ncnc(Sc3ccccc3N3C(N)=NC(N)=NC34CCCCC4)c12. The van der Waals surface area contributed by atoms with E-state index in [-0.39, 0.29) is 5.96 Å². The molecule has 0 bridgehead atoms. The number of thiophene rings is 1. The number of fused-ring (bicyclic) bond motifs is 1. The molecule has 0 atom stereocenters. The van der Waals surface area contributed by atoms with Gasteiger partial charge in [-0.05, 0) is 55.7 Å². The minimum absolute atomic E-state index is 0.266. The number of hydrogen-bond donors (Lipinski definition) is 2. The summed E-state index contributed by atoms with van der Waals surface area (Å²) >= 11 is 3.27. The number of nitrogens with zero attached hydrogens (tertiary/aromatic N) is 5. The van der Waals surface area contributed by atoms with Gasteiger partial charge in [0.05, 0.1) is 5.69 Å². The van der Waals surface area contributed by atoms with Crippen LogP contribution in [-0.2, 0) is 0 Å². The number of guanidine groups is 2. The van der Waals surface area contributed by atoms with E-state index < -0.39 is 5.66 Å². The lowest BCUT2D eigenvalue weighted by molar-refractivity contribution is 0.305. The summed E-state index contributed by atoms with van der Waals surface area (Å²) in [5, 5.41) is 4.18. The summed E-state index contributed by atoms with van der Waals surface area (Å²) in [6.45, 7) is 2.10. The van der Waals surface area contributed by atoms with Crippen molar-refractivity contribution in [3.63, 3.8) is 0 Å². The maximum Gasteiger partial charge on any atom is 0.220 e. The van der Waals surface area contributed by atoms with Crippen molar-refractivity contribution in [2.24, 2.45) is 21.5 Å². The zero-order valence-electron chi connectivity index (χ0n) is 16.7. The quantitative estimate of drug-likeness (QED) is 0.593. The van der Waals surface area contributed by atoms with Gasteiger partial charge in [-0.3, -0.25) is 4.90 Å². The first-order valence-electron chi connectivity index (χ1n) is 10.0. The van der Waals surface area contributed by atoms with Gasteiger partial charge >= 0.3 is 0 Å². The molecule has 3 heterocycles. The maximum atomic E-state index is 6.45. The van der Waals surface area contributed by atoms with Gasteiger partial charge in [-0.25, -0.2) is 15.0 Å². The molecule has 3 aromatic rings.